The number of hydrogen-bond acceptors (Lipinski definition) is 4. The van der Waals surface area contributed by atoms with Crippen LogP contribution < -0.4 is 0 Å². The fourth-order valence-corrected chi connectivity index (χ4v) is 5.70. The normalized spacial score (nSPS) is 30.8. The van der Waals surface area contributed by atoms with Gasteiger partial charge in [0.25, 0.3) is 0 Å². The molecule has 1 saturated carbocycles. The number of ether oxygens (including phenoxy) is 1. The fourth-order valence-electron chi connectivity index (χ4n) is 5.70. The Hall–Kier alpha value is -2.65. The van der Waals surface area contributed by atoms with Gasteiger partial charge in [0.1, 0.15) is 6.61 Å². The molecule has 1 amide bonds. The number of carbonyl (C=O) groups is 1. The maximum atomic E-state index is 13.1. The summed E-state index contributed by atoms with van der Waals surface area (Å²) >= 11 is 0. The Morgan fingerprint density at radius 1 is 1.31 bits per heavy atom. The molecule has 29 heavy (non-hydrogen) atoms. The fraction of sp³-hybridized carbons (Fsp3) is 0.500. The molecule has 0 spiro atoms. The molecule has 5 nitrogen and oxygen atoms in total. The number of nitrogens with zero attached hydrogens (tertiary/aromatic N) is 2. The van der Waals surface area contributed by atoms with E-state index in [-0.39, 0.29) is 24.7 Å². The van der Waals surface area contributed by atoms with Crippen molar-refractivity contribution in [3.8, 4) is 0 Å². The molecule has 1 aromatic rings. The zero-order chi connectivity index (χ0) is 20.4. The number of aliphatic imine (C=N–C) groups is 1. The molecule has 2 aliphatic carbocycles. The number of fused-ring (bicyclic) bond motifs is 1. The molecular formula is C24H28N2O3. The van der Waals surface area contributed by atoms with E-state index in [1.807, 2.05) is 41.3 Å². The van der Waals surface area contributed by atoms with Gasteiger partial charge in [0, 0.05) is 18.5 Å². The third-order valence-corrected chi connectivity index (χ3v) is 6.89. The van der Waals surface area contributed by atoms with E-state index < -0.39 is 0 Å². The Kier molecular flexibility index (Phi) is 5.68. The molecule has 2 fully saturated rings. The minimum atomic E-state index is -0.243. The lowest BCUT2D eigenvalue weighted by atomic mass is 9.66. The highest BCUT2D eigenvalue weighted by atomic mass is 16.6. The molecule has 5 atom stereocenters. The van der Waals surface area contributed by atoms with Crippen molar-refractivity contribution in [3.05, 3.63) is 59.8 Å². The molecule has 152 valence electrons. The minimum Gasteiger partial charge on any atom is -0.445 e. The van der Waals surface area contributed by atoms with E-state index in [2.05, 4.69) is 18.5 Å². The number of allylic oxidation sites excluding steroid dienone is 2. The molecule has 3 aliphatic rings. The number of benzene rings is 1. The number of hydrogen-bond donors (Lipinski definition) is 0. The van der Waals surface area contributed by atoms with E-state index in [4.69, 9.17) is 4.74 Å². The van der Waals surface area contributed by atoms with Gasteiger partial charge in [-0.15, -0.1) is 0 Å². The number of carbonyl (C=O) groups excluding carboxylic acids is 2. The smallest absolute Gasteiger partial charge is 0.410 e. The topological polar surface area (TPSA) is 59.0 Å². The second-order valence-electron chi connectivity index (χ2n) is 8.71. The van der Waals surface area contributed by atoms with Crippen molar-refractivity contribution in [1.82, 2.24) is 4.90 Å². The average molecular weight is 392 g/mol. The number of likely N-dealkylation sites (tertiary alicyclic amines) is 1. The first-order chi connectivity index (χ1) is 14.1. The molecule has 1 aromatic carbocycles. The summed E-state index contributed by atoms with van der Waals surface area (Å²) < 4.78 is 5.70. The molecule has 1 aliphatic heterocycles. The van der Waals surface area contributed by atoms with Crippen molar-refractivity contribution in [1.29, 1.82) is 0 Å². The van der Waals surface area contributed by atoms with Crippen molar-refractivity contribution in [3.63, 3.8) is 0 Å². The summed E-state index contributed by atoms with van der Waals surface area (Å²) in [6.07, 6.45) is 7.19. The van der Waals surface area contributed by atoms with Crippen LogP contribution in [-0.2, 0) is 16.1 Å². The average Bonchev–Trinajstić information content (AvgIpc) is 2.85. The summed E-state index contributed by atoms with van der Waals surface area (Å²) in [6, 6.07) is 9.96. The summed E-state index contributed by atoms with van der Waals surface area (Å²) in [5.41, 5.74) is 2.79. The van der Waals surface area contributed by atoms with Crippen LogP contribution in [-0.4, -0.2) is 29.7 Å². The summed E-state index contributed by atoms with van der Waals surface area (Å²) in [7, 11) is 0. The van der Waals surface area contributed by atoms with Gasteiger partial charge in [0.2, 0.25) is 6.08 Å². The van der Waals surface area contributed by atoms with E-state index >= 15 is 0 Å². The Morgan fingerprint density at radius 2 is 2.10 bits per heavy atom. The maximum Gasteiger partial charge on any atom is 0.410 e. The molecule has 2 bridgehead atoms. The van der Waals surface area contributed by atoms with E-state index in [0.717, 1.165) is 42.5 Å². The molecule has 1 heterocycles. The lowest BCUT2D eigenvalue weighted by Gasteiger charge is -2.50. The predicted octanol–water partition coefficient (Wildman–Crippen LogP) is 4.86. The van der Waals surface area contributed by atoms with Crippen LogP contribution in [0, 0.1) is 23.7 Å². The van der Waals surface area contributed by atoms with Gasteiger partial charge in [-0.3, -0.25) is 0 Å². The maximum absolute atomic E-state index is 13.1. The Labute approximate surface area is 172 Å². The van der Waals surface area contributed by atoms with Gasteiger partial charge in [0.05, 0.1) is 5.70 Å². The monoisotopic (exact) mass is 392 g/mol. The molecular weight excluding hydrogens is 364 g/mol. The molecule has 1 saturated heterocycles. The second kappa shape index (κ2) is 8.38. The van der Waals surface area contributed by atoms with Crippen molar-refractivity contribution in [2.75, 3.05) is 6.54 Å². The third-order valence-electron chi connectivity index (χ3n) is 6.89. The van der Waals surface area contributed by atoms with Crippen molar-refractivity contribution < 1.29 is 14.3 Å². The van der Waals surface area contributed by atoms with Gasteiger partial charge in [-0.1, -0.05) is 49.9 Å². The molecule has 0 N–H and O–H groups in total. The highest BCUT2D eigenvalue weighted by molar-refractivity contribution is 5.68. The van der Waals surface area contributed by atoms with Gasteiger partial charge in [-0.25, -0.2) is 9.59 Å². The van der Waals surface area contributed by atoms with E-state index in [0.29, 0.717) is 24.3 Å². The molecule has 5 heteroatoms. The third kappa shape index (κ3) is 3.92. The molecule has 0 radical (unpaired) electrons. The van der Waals surface area contributed by atoms with Crippen molar-refractivity contribution in [2.24, 2.45) is 28.7 Å². The van der Waals surface area contributed by atoms with Crippen molar-refractivity contribution in [2.45, 2.75) is 45.3 Å². The highest BCUT2D eigenvalue weighted by Gasteiger charge is 2.48. The lowest BCUT2D eigenvalue weighted by molar-refractivity contribution is -0.00945. The lowest BCUT2D eigenvalue weighted by Crippen LogP contribution is -2.55. The zero-order valence-corrected chi connectivity index (χ0v) is 16.9. The van der Waals surface area contributed by atoms with Gasteiger partial charge >= 0.3 is 6.09 Å². The first-order valence-electron chi connectivity index (χ1n) is 10.5. The van der Waals surface area contributed by atoms with Gasteiger partial charge in [-0.2, -0.15) is 4.99 Å². The summed E-state index contributed by atoms with van der Waals surface area (Å²) in [5, 5.41) is 0. The Balaban J connectivity index is 1.61. The van der Waals surface area contributed by atoms with Crippen LogP contribution in [0.3, 0.4) is 0 Å². The Bertz CT molecular complexity index is 856. The van der Waals surface area contributed by atoms with E-state index in [9.17, 15) is 9.59 Å². The second-order valence-corrected chi connectivity index (χ2v) is 8.71. The highest BCUT2D eigenvalue weighted by Crippen LogP contribution is 2.50. The summed E-state index contributed by atoms with van der Waals surface area (Å²) in [5.74, 6) is 1.49. The quantitative estimate of drug-likeness (QED) is 0.543. The van der Waals surface area contributed by atoms with Crippen LogP contribution in [0.5, 0.6) is 0 Å². The zero-order valence-electron chi connectivity index (χ0n) is 16.9. The van der Waals surface area contributed by atoms with Crippen LogP contribution in [0.25, 0.3) is 0 Å². The Morgan fingerprint density at radius 3 is 2.83 bits per heavy atom. The number of isocyanates is 1. The van der Waals surface area contributed by atoms with Crippen LogP contribution in [0.2, 0.25) is 0 Å². The van der Waals surface area contributed by atoms with Crippen molar-refractivity contribution >= 4 is 12.2 Å². The first kappa shape index (κ1) is 19.7. The van der Waals surface area contributed by atoms with E-state index in [1.54, 1.807) is 6.08 Å². The van der Waals surface area contributed by atoms with Crippen LogP contribution in [0.15, 0.2) is 59.2 Å². The first-order valence-corrected chi connectivity index (χ1v) is 10.5. The minimum absolute atomic E-state index is 0.142. The summed E-state index contributed by atoms with van der Waals surface area (Å²) in [6.45, 7) is 7.09. The van der Waals surface area contributed by atoms with Gasteiger partial charge in [-0.05, 0) is 54.6 Å². The largest absolute Gasteiger partial charge is 0.445 e. The molecule has 0 unspecified atom stereocenters. The number of rotatable bonds is 4. The standard InChI is InChI=1S/C24H28N2O3/c1-3-20-19-11-21-18(12-22(20)25-15-27)9-16(2)10-23(21)26(13-19)24(28)29-14-17-7-5-4-6-8-17/h3-8,16,18-19,21,23H,1,9-14H2,2H3/t16-,18+,19+,21-,23+/m1/s1. The number of piperidine rings is 1. The number of amides is 1. The van der Waals surface area contributed by atoms with Crippen LogP contribution in [0.4, 0.5) is 4.79 Å². The molecule has 4 rings (SSSR count). The van der Waals surface area contributed by atoms with Gasteiger partial charge < -0.3 is 9.64 Å². The predicted molar refractivity (Wildman–Crippen MR) is 111 cm³/mol. The van der Waals surface area contributed by atoms with E-state index in [1.165, 1.54) is 0 Å². The van der Waals surface area contributed by atoms with Gasteiger partial charge in [0.15, 0.2) is 0 Å². The van der Waals surface area contributed by atoms with Crippen LogP contribution >= 0.6 is 0 Å². The summed E-state index contributed by atoms with van der Waals surface area (Å²) in [4.78, 5) is 30.1. The van der Waals surface area contributed by atoms with Crippen LogP contribution in [0.1, 0.15) is 38.2 Å². The SMILES string of the molecule is C=CC1=C(N=C=O)C[C@@H]2C[C@@H](C)C[C@H]3[C@@H]2C[C@H]1CN3C(=O)OCc1ccccc1. The molecule has 0 aromatic heterocycles.